The standard InChI is InChI=1S/C17H22BrN/c1-10-4-2-7-15(17(10)18)19-16-9-11-8-14(16)13-6-3-5-12(11)13/h2,4,7,11-14,16,19H,3,5-6,8-9H2,1H3. The summed E-state index contributed by atoms with van der Waals surface area (Å²) in [5.41, 5.74) is 2.62. The lowest BCUT2D eigenvalue weighted by atomic mass is 9.79. The van der Waals surface area contributed by atoms with Crippen LogP contribution in [0.25, 0.3) is 0 Å². The van der Waals surface area contributed by atoms with Crippen LogP contribution in [0, 0.1) is 30.6 Å². The molecule has 0 heterocycles. The molecule has 0 aromatic heterocycles. The first-order chi connectivity index (χ1) is 9.24. The number of rotatable bonds is 2. The van der Waals surface area contributed by atoms with Crippen molar-refractivity contribution in [2.75, 3.05) is 5.32 Å². The molecule has 0 saturated heterocycles. The van der Waals surface area contributed by atoms with Crippen LogP contribution >= 0.6 is 15.9 Å². The van der Waals surface area contributed by atoms with E-state index in [0.717, 1.165) is 29.7 Å². The molecule has 3 aliphatic carbocycles. The van der Waals surface area contributed by atoms with E-state index in [1.807, 2.05) is 0 Å². The maximum Gasteiger partial charge on any atom is 0.0489 e. The third-order valence-electron chi connectivity index (χ3n) is 5.96. The van der Waals surface area contributed by atoms with Crippen LogP contribution in [0.3, 0.4) is 0 Å². The Morgan fingerprint density at radius 2 is 1.95 bits per heavy atom. The first-order valence-electron chi connectivity index (χ1n) is 7.75. The molecule has 102 valence electrons. The average Bonchev–Trinajstić information content (AvgIpc) is 3.06. The van der Waals surface area contributed by atoms with Crippen LogP contribution < -0.4 is 5.32 Å². The Bertz CT molecular complexity index is 498. The Morgan fingerprint density at radius 3 is 2.84 bits per heavy atom. The van der Waals surface area contributed by atoms with Crippen LogP contribution in [-0.2, 0) is 0 Å². The highest BCUT2D eigenvalue weighted by molar-refractivity contribution is 9.10. The Labute approximate surface area is 124 Å². The topological polar surface area (TPSA) is 12.0 Å². The first kappa shape index (κ1) is 12.3. The van der Waals surface area contributed by atoms with Crippen LogP contribution in [0.4, 0.5) is 5.69 Å². The van der Waals surface area contributed by atoms with Crippen molar-refractivity contribution < 1.29 is 0 Å². The van der Waals surface area contributed by atoms with Crippen LogP contribution in [0.2, 0.25) is 0 Å². The third-order valence-corrected chi connectivity index (χ3v) is 7.01. The van der Waals surface area contributed by atoms with Crippen molar-refractivity contribution in [2.24, 2.45) is 23.7 Å². The molecular weight excluding hydrogens is 298 g/mol. The fourth-order valence-electron chi connectivity index (χ4n) is 5.19. The number of halogens is 1. The second-order valence-corrected chi connectivity index (χ2v) is 7.63. The quantitative estimate of drug-likeness (QED) is 0.809. The third kappa shape index (κ3) is 1.86. The summed E-state index contributed by atoms with van der Waals surface area (Å²) >= 11 is 3.73. The molecule has 1 N–H and O–H groups in total. The monoisotopic (exact) mass is 319 g/mol. The van der Waals surface area contributed by atoms with Gasteiger partial charge in [0.25, 0.3) is 0 Å². The molecule has 4 rings (SSSR count). The van der Waals surface area contributed by atoms with Gasteiger partial charge >= 0.3 is 0 Å². The lowest BCUT2D eigenvalue weighted by Gasteiger charge is -2.33. The molecule has 1 aromatic carbocycles. The fraction of sp³-hybridized carbons (Fsp3) is 0.647. The molecule has 2 heteroatoms. The van der Waals surface area contributed by atoms with Crippen molar-refractivity contribution in [3.05, 3.63) is 28.2 Å². The van der Waals surface area contributed by atoms with Gasteiger partial charge in [-0.1, -0.05) is 18.6 Å². The summed E-state index contributed by atoms with van der Waals surface area (Å²) in [6.45, 7) is 2.17. The summed E-state index contributed by atoms with van der Waals surface area (Å²) in [5, 5.41) is 3.85. The molecule has 2 bridgehead atoms. The Kier molecular flexibility index (Phi) is 2.91. The molecule has 19 heavy (non-hydrogen) atoms. The van der Waals surface area contributed by atoms with Gasteiger partial charge in [-0.3, -0.25) is 0 Å². The van der Waals surface area contributed by atoms with Gasteiger partial charge in [0.15, 0.2) is 0 Å². The van der Waals surface area contributed by atoms with Crippen molar-refractivity contribution in [1.29, 1.82) is 0 Å². The van der Waals surface area contributed by atoms with Crippen LogP contribution in [0.5, 0.6) is 0 Å². The molecule has 3 fully saturated rings. The molecule has 0 spiro atoms. The van der Waals surface area contributed by atoms with Crippen molar-refractivity contribution in [2.45, 2.75) is 45.1 Å². The van der Waals surface area contributed by atoms with E-state index in [2.05, 4.69) is 46.4 Å². The Morgan fingerprint density at radius 1 is 1.11 bits per heavy atom. The van der Waals surface area contributed by atoms with E-state index < -0.39 is 0 Å². The summed E-state index contributed by atoms with van der Waals surface area (Å²) < 4.78 is 1.25. The zero-order valence-corrected chi connectivity index (χ0v) is 13.1. The number of hydrogen-bond acceptors (Lipinski definition) is 1. The number of aryl methyl sites for hydroxylation is 1. The number of hydrogen-bond donors (Lipinski definition) is 1. The number of benzene rings is 1. The van der Waals surface area contributed by atoms with Crippen molar-refractivity contribution >= 4 is 21.6 Å². The molecular formula is C17H22BrN. The molecule has 3 saturated carbocycles. The van der Waals surface area contributed by atoms with E-state index in [-0.39, 0.29) is 0 Å². The second-order valence-electron chi connectivity index (χ2n) is 6.84. The summed E-state index contributed by atoms with van der Waals surface area (Å²) in [4.78, 5) is 0. The molecule has 5 unspecified atom stereocenters. The number of nitrogens with one attached hydrogen (secondary N) is 1. The zero-order valence-electron chi connectivity index (χ0n) is 11.5. The van der Waals surface area contributed by atoms with E-state index in [1.54, 1.807) is 0 Å². The van der Waals surface area contributed by atoms with E-state index in [0.29, 0.717) is 0 Å². The summed E-state index contributed by atoms with van der Waals surface area (Å²) in [6, 6.07) is 7.27. The predicted molar refractivity (Wildman–Crippen MR) is 83.3 cm³/mol. The lowest BCUT2D eigenvalue weighted by Crippen LogP contribution is -2.34. The van der Waals surface area contributed by atoms with Crippen molar-refractivity contribution in [3.8, 4) is 0 Å². The van der Waals surface area contributed by atoms with Gasteiger partial charge in [-0.25, -0.2) is 0 Å². The van der Waals surface area contributed by atoms with Crippen molar-refractivity contribution in [1.82, 2.24) is 0 Å². The zero-order chi connectivity index (χ0) is 13.0. The summed E-state index contributed by atoms with van der Waals surface area (Å²) in [7, 11) is 0. The van der Waals surface area contributed by atoms with Gasteiger partial charge in [0.1, 0.15) is 0 Å². The smallest absolute Gasteiger partial charge is 0.0489 e. The predicted octanol–water partition coefficient (Wildman–Crippen LogP) is 4.99. The molecule has 1 aromatic rings. The van der Waals surface area contributed by atoms with Gasteiger partial charge in [-0.15, -0.1) is 0 Å². The SMILES string of the molecule is Cc1cccc(NC2CC3CC2C2CCCC32)c1Br. The van der Waals surface area contributed by atoms with E-state index >= 15 is 0 Å². The van der Waals surface area contributed by atoms with Crippen LogP contribution in [-0.4, -0.2) is 6.04 Å². The maximum atomic E-state index is 3.85. The van der Waals surface area contributed by atoms with Gasteiger partial charge in [0, 0.05) is 16.2 Å². The Balaban J connectivity index is 1.54. The molecule has 1 nitrogen and oxygen atoms in total. The first-order valence-corrected chi connectivity index (χ1v) is 8.55. The fourth-order valence-corrected chi connectivity index (χ4v) is 5.57. The minimum atomic E-state index is 0.724. The van der Waals surface area contributed by atoms with Gasteiger partial charge in [0.2, 0.25) is 0 Å². The van der Waals surface area contributed by atoms with E-state index in [4.69, 9.17) is 0 Å². The van der Waals surface area contributed by atoms with Gasteiger partial charge < -0.3 is 5.32 Å². The minimum Gasteiger partial charge on any atom is -0.381 e. The molecule has 0 radical (unpaired) electrons. The van der Waals surface area contributed by atoms with E-state index in [9.17, 15) is 0 Å². The summed E-state index contributed by atoms with van der Waals surface area (Å²) in [5.74, 6) is 4.10. The van der Waals surface area contributed by atoms with Gasteiger partial charge in [-0.2, -0.15) is 0 Å². The normalized spacial score (nSPS) is 39.6. The Hall–Kier alpha value is -0.500. The summed E-state index contributed by atoms with van der Waals surface area (Å²) in [6.07, 6.45) is 7.41. The molecule has 5 atom stereocenters. The highest BCUT2D eigenvalue weighted by Gasteiger charge is 2.53. The molecule has 3 aliphatic rings. The average molecular weight is 320 g/mol. The number of anilines is 1. The molecule has 0 amide bonds. The van der Waals surface area contributed by atoms with E-state index in [1.165, 1.54) is 47.8 Å². The molecule has 0 aliphatic heterocycles. The van der Waals surface area contributed by atoms with Crippen LogP contribution in [0.1, 0.15) is 37.7 Å². The lowest BCUT2D eigenvalue weighted by molar-refractivity contribution is 0.243. The largest absolute Gasteiger partial charge is 0.381 e. The van der Waals surface area contributed by atoms with Crippen LogP contribution in [0.15, 0.2) is 22.7 Å². The van der Waals surface area contributed by atoms with Crippen molar-refractivity contribution in [3.63, 3.8) is 0 Å². The van der Waals surface area contributed by atoms with Gasteiger partial charge in [-0.05, 0) is 83.8 Å². The maximum absolute atomic E-state index is 3.85. The second kappa shape index (κ2) is 4.51. The highest BCUT2D eigenvalue weighted by atomic mass is 79.9. The number of fused-ring (bicyclic) bond motifs is 5. The minimum absolute atomic E-state index is 0.724. The van der Waals surface area contributed by atoms with Gasteiger partial charge in [0.05, 0.1) is 0 Å². The highest BCUT2D eigenvalue weighted by Crippen LogP contribution is 2.59.